The van der Waals surface area contributed by atoms with Crippen LogP contribution in [-0.2, 0) is 12.6 Å². The molecule has 0 saturated heterocycles. The molecule has 3 rings (SSSR count). The fraction of sp³-hybridized carbons (Fsp3) is 0.235. The fourth-order valence-electron chi connectivity index (χ4n) is 2.85. The second-order valence-electron chi connectivity index (χ2n) is 5.24. The van der Waals surface area contributed by atoms with Crippen molar-refractivity contribution in [2.75, 3.05) is 0 Å². The van der Waals surface area contributed by atoms with Gasteiger partial charge in [-0.3, -0.25) is 4.79 Å². The van der Waals surface area contributed by atoms with Crippen LogP contribution in [0, 0.1) is 0 Å². The molecule has 1 aliphatic carbocycles. The molecule has 0 radical (unpaired) electrons. The van der Waals surface area contributed by atoms with Crippen molar-refractivity contribution in [1.82, 2.24) is 0 Å². The molecule has 2 aromatic rings. The van der Waals surface area contributed by atoms with Crippen molar-refractivity contribution >= 4 is 5.78 Å². The Labute approximate surface area is 120 Å². The molecule has 0 unspecified atom stereocenters. The van der Waals surface area contributed by atoms with E-state index in [1.807, 2.05) is 12.1 Å². The van der Waals surface area contributed by atoms with E-state index in [1.54, 1.807) is 18.2 Å². The molecule has 1 aliphatic rings. The Morgan fingerprint density at radius 2 is 1.76 bits per heavy atom. The van der Waals surface area contributed by atoms with Gasteiger partial charge in [0.05, 0.1) is 5.56 Å². The second-order valence-corrected chi connectivity index (χ2v) is 5.24. The normalized spacial score (nSPS) is 18.4. The van der Waals surface area contributed by atoms with Gasteiger partial charge in [0.25, 0.3) is 0 Å². The van der Waals surface area contributed by atoms with E-state index in [9.17, 15) is 18.0 Å². The van der Waals surface area contributed by atoms with Crippen LogP contribution in [0.25, 0.3) is 0 Å². The summed E-state index contributed by atoms with van der Waals surface area (Å²) in [6.45, 7) is 0. The van der Waals surface area contributed by atoms with Gasteiger partial charge in [0.15, 0.2) is 5.78 Å². The highest BCUT2D eigenvalue weighted by atomic mass is 19.4. The van der Waals surface area contributed by atoms with Gasteiger partial charge in [-0.15, -0.1) is 0 Å². The monoisotopic (exact) mass is 290 g/mol. The van der Waals surface area contributed by atoms with E-state index in [1.165, 1.54) is 6.07 Å². The molecule has 0 spiro atoms. The number of aryl methyl sites for hydroxylation is 1. The van der Waals surface area contributed by atoms with E-state index in [0.29, 0.717) is 24.0 Å². The topological polar surface area (TPSA) is 17.1 Å². The Kier molecular flexibility index (Phi) is 3.32. The molecule has 0 saturated carbocycles. The van der Waals surface area contributed by atoms with Crippen LogP contribution in [-0.4, -0.2) is 5.78 Å². The first kappa shape index (κ1) is 13.9. The standard InChI is InChI=1S/C17H13F3O/c18-17(19,20)13-6-3-5-12(10-13)15-9-8-11-4-1-2-7-14(11)16(15)21/h1-7,10,15H,8-9H2/t15-/m0/s1. The van der Waals surface area contributed by atoms with Crippen LogP contribution in [0.5, 0.6) is 0 Å². The summed E-state index contributed by atoms with van der Waals surface area (Å²) in [5, 5.41) is 0. The summed E-state index contributed by atoms with van der Waals surface area (Å²) < 4.78 is 38.4. The molecule has 0 fully saturated rings. The zero-order valence-corrected chi connectivity index (χ0v) is 11.2. The smallest absolute Gasteiger partial charge is 0.293 e. The van der Waals surface area contributed by atoms with Gasteiger partial charge in [-0.25, -0.2) is 0 Å². The maximum atomic E-state index is 12.8. The van der Waals surface area contributed by atoms with Crippen LogP contribution in [0.15, 0.2) is 48.5 Å². The van der Waals surface area contributed by atoms with Crippen LogP contribution in [0.2, 0.25) is 0 Å². The Morgan fingerprint density at radius 3 is 2.52 bits per heavy atom. The minimum Gasteiger partial charge on any atom is -0.293 e. The summed E-state index contributed by atoms with van der Waals surface area (Å²) in [4.78, 5) is 12.5. The largest absolute Gasteiger partial charge is 0.416 e. The van der Waals surface area contributed by atoms with Gasteiger partial charge < -0.3 is 0 Å². The average Bonchev–Trinajstić information content (AvgIpc) is 2.47. The molecule has 0 heterocycles. The lowest BCUT2D eigenvalue weighted by molar-refractivity contribution is -0.137. The number of benzene rings is 2. The molecule has 21 heavy (non-hydrogen) atoms. The summed E-state index contributed by atoms with van der Waals surface area (Å²) >= 11 is 0. The number of halogens is 3. The highest BCUT2D eigenvalue weighted by molar-refractivity contribution is 6.03. The van der Waals surface area contributed by atoms with Gasteiger partial charge in [0.2, 0.25) is 0 Å². The van der Waals surface area contributed by atoms with E-state index in [-0.39, 0.29) is 5.78 Å². The number of carbonyl (C=O) groups is 1. The van der Waals surface area contributed by atoms with Gasteiger partial charge in [0, 0.05) is 11.5 Å². The number of hydrogen-bond donors (Lipinski definition) is 0. The number of carbonyl (C=O) groups excluding carboxylic acids is 1. The van der Waals surface area contributed by atoms with Crippen molar-refractivity contribution in [3.8, 4) is 0 Å². The molecular formula is C17H13F3O. The van der Waals surface area contributed by atoms with E-state index in [2.05, 4.69) is 0 Å². The minimum absolute atomic E-state index is 0.0869. The maximum absolute atomic E-state index is 12.8. The first-order valence-electron chi connectivity index (χ1n) is 6.76. The molecule has 4 heteroatoms. The SMILES string of the molecule is O=C1c2ccccc2CC[C@H]1c1cccc(C(F)(F)F)c1. The van der Waals surface area contributed by atoms with Crippen LogP contribution in [0.3, 0.4) is 0 Å². The molecule has 108 valence electrons. The Bertz CT molecular complexity index is 688. The summed E-state index contributed by atoms with van der Waals surface area (Å²) in [7, 11) is 0. The summed E-state index contributed by atoms with van der Waals surface area (Å²) in [6, 6.07) is 12.4. The number of ketones is 1. The van der Waals surface area contributed by atoms with E-state index >= 15 is 0 Å². The third-order valence-electron chi connectivity index (χ3n) is 3.92. The Morgan fingerprint density at radius 1 is 1.00 bits per heavy atom. The third-order valence-corrected chi connectivity index (χ3v) is 3.92. The van der Waals surface area contributed by atoms with Gasteiger partial charge >= 0.3 is 6.18 Å². The quantitative estimate of drug-likeness (QED) is 0.749. The van der Waals surface area contributed by atoms with Gasteiger partial charge in [-0.05, 0) is 30.0 Å². The van der Waals surface area contributed by atoms with Gasteiger partial charge in [-0.2, -0.15) is 13.2 Å². The highest BCUT2D eigenvalue weighted by Gasteiger charge is 2.33. The first-order valence-corrected chi connectivity index (χ1v) is 6.76. The lowest BCUT2D eigenvalue weighted by Crippen LogP contribution is -2.21. The summed E-state index contributed by atoms with van der Waals surface area (Å²) in [6.07, 6.45) is -3.12. The zero-order valence-electron chi connectivity index (χ0n) is 11.2. The van der Waals surface area contributed by atoms with Gasteiger partial charge in [0.1, 0.15) is 0 Å². The number of Topliss-reactive ketones (excluding diaryl/α,β-unsaturated/α-hetero) is 1. The van der Waals surface area contributed by atoms with Crippen LogP contribution >= 0.6 is 0 Å². The zero-order chi connectivity index (χ0) is 15.0. The first-order chi connectivity index (χ1) is 9.97. The van der Waals surface area contributed by atoms with E-state index < -0.39 is 17.7 Å². The number of hydrogen-bond acceptors (Lipinski definition) is 1. The van der Waals surface area contributed by atoms with E-state index in [0.717, 1.165) is 17.7 Å². The van der Waals surface area contributed by atoms with Crippen LogP contribution < -0.4 is 0 Å². The van der Waals surface area contributed by atoms with Crippen LogP contribution in [0.4, 0.5) is 13.2 Å². The molecule has 0 amide bonds. The molecular weight excluding hydrogens is 277 g/mol. The highest BCUT2D eigenvalue weighted by Crippen LogP contribution is 2.36. The summed E-state index contributed by atoms with van der Waals surface area (Å²) in [5.41, 5.74) is 1.35. The number of alkyl halides is 3. The molecule has 0 bridgehead atoms. The molecule has 0 aromatic heterocycles. The Balaban J connectivity index is 1.98. The van der Waals surface area contributed by atoms with Gasteiger partial charge in [-0.1, -0.05) is 42.5 Å². The van der Waals surface area contributed by atoms with Crippen molar-refractivity contribution in [2.45, 2.75) is 24.9 Å². The predicted octanol–water partition coefficient (Wildman–Crippen LogP) is 4.62. The van der Waals surface area contributed by atoms with Crippen molar-refractivity contribution < 1.29 is 18.0 Å². The molecule has 1 nitrogen and oxygen atoms in total. The average molecular weight is 290 g/mol. The predicted molar refractivity (Wildman–Crippen MR) is 73.3 cm³/mol. The van der Waals surface area contributed by atoms with Crippen LogP contribution in [0.1, 0.15) is 39.4 Å². The van der Waals surface area contributed by atoms with Crippen molar-refractivity contribution in [2.24, 2.45) is 0 Å². The molecule has 0 N–H and O–H groups in total. The number of fused-ring (bicyclic) bond motifs is 1. The summed E-state index contributed by atoms with van der Waals surface area (Å²) in [5.74, 6) is -0.571. The third kappa shape index (κ3) is 2.58. The Hall–Kier alpha value is -2.10. The lowest BCUT2D eigenvalue weighted by Gasteiger charge is -2.24. The van der Waals surface area contributed by atoms with E-state index in [4.69, 9.17) is 0 Å². The molecule has 0 aliphatic heterocycles. The van der Waals surface area contributed by atoms with Crippen molar-refractivity contribution in [3.63, 3.8) is 0 Å². The lowest BCUT2D eigenvalue weighted by atomic mass is 9.79. The van der Waals surface area contributed by atoms with Crippen molar-refractivity contribution in [3.05, 3.63) is 70.8 Å². The minimum atomic E-state index is -4.38. The maximum Gasteiger partial charge on any atom is 0.416 e. The molecule has 1 atom stereocenters. The fourth-order valence-corrected chi connectivity index (χ4v) is 2.85. The molecule has 2 aromatic carbocycles. The van der Waals surface area contributed by atoms with Crippen molar-refractivity contribution in [1.29, 1.82) is 0 Å². The number of rotatable bonds is 1. The second kappa shape index (κ2) is 5.02.